The van der Waals surface area contributed by atoms with E-state index < -0.39 is 0 Å². The van der Waals surface area contributed by atoms with Gasteiger partial charge in [-0.05, 0) is 31.3 Å². The SMILES string of the molecule is CC(=O)Nc1ccc(N2CCN(C)CC2)cc1. The van der Waals surface area contributed by atoms with Crippen molar-refractivity contribution >= 4 is 17.3 Å². The number of hydrogen-bond acceptors (Lipinski definition) is 3. The van der Waals surface area contributed by atoms with E-state index in [4.69, 9.17) is 0 Å². The number of anilines is 2. The predicted octanol–water partition coefficient (Wildman–Crippen LogP) is 1.40. The molecule has 1 fully saturated rings. The molecule has 1 saturated heterocycles. The number of nitrogens with one attached hydrogen (secondary N) is 1. The maximum Gasteiger partial charge on any atom is 0.221 e. The Morgan fingerprint density at radius 2 is 1.71 bits per heavy atom. The molecule has 4 nitrogen and oxygen atoms in total. The first-order valence-electron chi connectivity index (χ1n) is 5.96. The Balaban J connectivity index is 2.00. The van der Waals surface area contributed by atoms with E-state index in [2.05, 4.69) is 34.3 Å². The Kier molecular flexibility index (Phi) is 3.64. The van der Waals surface area contributed by atoms with Gasteiger partial charge in [0.15, 0.2) is 0 Å². The molecule has 1 heterocycles. The highest BCUT2D eigenvalue weighted by Gasteiger charge is 2.13. The zero-order chi connectivity index (χ0) is 12.3. The fourth-order valence-corrected chi connectivity index (χ4v) is 2.02. The van der Waals surface area contributed by atoms with Gasteiger partial charge in [0.1, 0.15) is 0 Å². The second-order valence-electron chi connectivity index (χ2n) is 4.52. The van der Waals surface area contributed by atoms with Crippen molar-refractivity contribution in [2.24, 2.45) is 0 Å². The number of hydrogen-bond donors (Lipinski definition) is 1. The van der Waals surface area contributed by atoms with Crippen LogP contribution in [0.4, 0.5) is 11.4 Å². The Morgan fingerprint density at radius 3 is 2.24 bits per heavy atom. The third kappa shape index (κ3) is 3.20. The van der Waals surface area contributed by atoms with E-state index in [1.807, 2.05) is 12.1 Å². The van der Waals surface area contributed by atoms with Crippen LogP contribution in [0.2, 0.25) is 0 Å². The average Bonchev–Trinajstić information content (AvgIpc) is 2.30. The Morgan fingerprint density at radius 1 is 1.12 bits per heavy atom. The van der Waals surface area contributed by atoms with E-state index in [9.17, 15) is 4.79 Å². The lowest BCUT2D eigenvalue weighted by Gasteiger charge is -2.34. The quantitative estimate of drug-likeness (QED) is 0.838. The van der Waals surface area contributed by atoms with E-state index in [0.29, 0.717) is 0 Å². The summed E-state index contributed by atoms with van der Waals surface area (Å²) < 4.78 is 0. The molecule has 0 radical (unpaired) electrons. The minimum absolute atomic E-state index is 0.0302. The van der Waals surface area contributed by atoms with Crippen LogP contribution < -0.4 is 10.2 Å². The highest BCUT2D eigenvalue weighted by atomic mass is 16.1. The topological polar surface area (TPSA) is 35.6 Å². The van der Waals surface area contributed by atoms with Crippen LogP contribution in [0.3, 0.4) is 0 Å². The number of rotatable bonds is 2. The average molecular weight is 233 g/mol. The summed E-state index contributed by atoms with van der Waals surface area (Å²) in [6.45, 7) is 5.86. The second-order valence-corrected chi connectivity index (χ2v) is 4.52. The van der Waals surface area contributed by atoms with E-state index in [-0.39, 0.29) is 5.91 Å². The van der Waals surface area contributed by atoms with Crippen LogP contribution in [-0.4, -0.2) is 44.0 Å². The molecule has 0 unspecified atom stereocenters. The van der Waals surface area contributed by atoms with Gasteiger partial charge in [0.25, 0.3) is 0 Å². The summed E-state index contributed by atoms with van der Waals surface area (Å²) in [5, 5.41) is 2.78. The highest BCUT2D eigenvalue weighted by Crippen LogP contribution is 2.19. The standard InChI is InChI=1S/C13H19N3O/c1-11(17)14-12-3-5-13(6-4-12)16-9-7-15(2)8-10-16/h3-6H,7-10H2,1-2H3,(H,14,17). The van der Waals surface area contributed by atoms with Crippen LogP contribution in [-0.2, 0) is 4.79 Å². The van der Waals surface area contributed by atoms with Gasteiger partial charge in [-0.15, -0.1) is 0 Å². The molecule has 0 bridgehead atoms. The monoisotopic (exact) mass is 233 g/mol. The molecule has 92 valence electrons. The molecule has 0 atom stereocenters. The molecule has 0 saturated carbocycles. The van der Waals surface area contributed by atoms with Crippen LogP contribution in [0, 0.1) is 0 Å². The molecule has 0 spiro atoms. The summed E-state index contributed by atoms with van der Waals surface area (Å²) in [5.41, 5.74) is 2.09. The molecule has 2 rings (SSSR count). The lowest BCUT2D eigenvalue weighted by atomic mass is 10.2. The largest absolute Gasteiger partial charge is 0.369 e. The number of carbonyl (C=O) groups excluding carboxylic acids is 1. The van der Waals surface area contributed by atoms with E-state index in [1.54, 1.807) is 0 Å². The molecule has 4 heteroatoms. The van der Waals surface area contributed by atoms with Gasteiger partial charge in [-0.25, -0.2) is 0 Å². The summed E-state index contributed by atoms with van der Waals surface area (Å²) in [7, 11) is 2.15. The summed E-state index contributed by atoms with van der Waals surface area (Å²) in [6.07, 6.45) is 0. The first-order chi connectivity index (χ1) is 8.15. The minimum Gasteiger partial charge on any atom is -0.369 e. The molecule has 0 aliphatic carbocycles. The number of nitrogens with zero attached hydrogens (tertiary/aromatic N) is 2. The molecule has 1 aromatic rings. The lowest BCUT2D eigenvalue weighted by Crippen LogP contribution is -2.44. The third-order valence-corrected chi connectivity index (χ3v) is 3.06. The van der Waals surface area contributed by atoms with Crippen molar-refractivity contribution < 1.29 is 4.79 Å². The number of amides is 1. The van der Waals surface area contributed by atoms with Gasteiger partial charge in [0.05, 0.1) is 0 Å². The molecule has 1 N–H and O–H groups in total. The van der Waals surface area contributed by atoms with E-state index >= 15 is 0 Å². The summed E-state index contributed by atoms with van der Waals surface area (Å²) in [4.78, 5) is 15.6. The van der Waals surface area contributed by atoms with E-state index in [1.165, 1.54) is 12.6 Å². The molecule has 1 aliphatic rings. The Hall–Kier alpha value is -1.55. The molecule has 1 aromatic carbocycles. The van der Waals surface area contributed by atoms with Gasteiger partial charge < -0.3 is 15.1 Å². The van der Waals surface area contributed by atoms with Crippen molar-refractivity contribution in [3.8, 4) is 0 Å². The van der Waals surface area contributed by atoms with Gasteiger partial charge in [0.2, 0.25) is 5.91 Å². The van der Waals surface area contributed by atoms with Crippen molar-refractivity contribution in [3.63, 3.8) is 0 Å². The van der Waals surface area contributed by atoms with Gasteiger partial charge in [-0.2, -0.15) is 0 Å². The maximum atomic E-state index is 10.9. The zero-order valence-corrected chi connectivity index (χ0v) is 10.4. The second kappa shape index (κ2) is 5.19. The number of piperazine rings is 1. The van der Waals surface area contributed by atoms with Crippen molar-refractivity contribution in [3.05, 3.63) is 24.3 Å². The Labute approximate surface area is 102 Å². The smallest absolute Gasteiger partial charge is 0.221 e. The van der Waals surface area contributed by atoms with Crippen LogP contribution in [0.15, 0.2) is 24.3 Å². The number of benzene rings is 1. The fourth-order valence-electron chi connectivity index (χ4n) is 2.02. The lowest BCUT2D eigenvalue weighted by molar-refractivity contribution is -0.114. The molecule has 1 aliphatic heterocycles. The number of carbonyl (C=O) groups is 1. The predicted molar refractivity (Wildman–Crippen MR) is 70.5 cm³/mol. The van der Waals surface area contributed by atoms with Crippen molar-refractivity contribution in [1.29, 1.82) is 0 Å². The van der Waals surface area contributed by atoms with Gasteiger partial charge in [-0.1, -0.05) is 0 Å². The van der Waals surface area contributed by atoms with Gasteiger partial charge in [-0.3, -0.25) is 4.79 Å². The van der Waals surface area contributed by atoms with Crippen LogP contribution in [0.5, 0.6) is 0 Å². The van der Waals surface area contributed by atoms with Crippen LogP contribution in [0.1, 0.15) is 6.92 Å². The fraction of sp³-hybridized carbons (Fsp3) is 0.462. The zero-order valence-electron chi connectivity index (χ0n) is 10.4. The maximum absolute atomic E-state index is 10.9. The number of likely N-dealkylation sites (N-methyl/N-ethyl adjacent to an activating group) is 1. The molecule has 1 amide bonds. The van der Waals surface area contributed by atoms with Crippen LogP contribution in [0.25, 0.3) is 0 Å². The normalized spacial score (nSPS) is 16.9. The Bertz CT molecular complexity index is 380. The van der Waals surface area contributed by atoms with E-state index in [0.717, 1.165) is 31.9 Å². The highest BCUT2D eigenvalue weighted by molar-refractivity contribution is 5.88. The summed E-state index contributed by atoms with van der Waals surface area (Å²) in [6, 6.07) is 8.04. The molecule has 17 heavy (non-hydrogen) atoms. The third-order valence-electron chi connectivity index (χ3n) is 3.06. The van der Waals surface area contributed by atoms with Crippen molar-refractivity contribution in [2.75, 3.05) is 43.4 Å². The van der Waals surface area contributed by atoms with Gasteiger partial charge in [0, 0.05) is 44.5 Å². The van der Waals surface area contributed by atoms with Gasteiger partial charge >= 0.3 is 0 Å². The van der Waals surface area contributed by atoms with Crippen LogP contribution >= 0.6 is 0 Å². The minimum atomic E-state index is -0.0302. The summed E-state index contributed by atoms with van der Waals surface area (Å²) >= 11 is 0. The van der Waals surface area contributed by atoms with Crippen molar-refractivity contribution in [2.45, 2.75) is 6.92 Å². The molecular formula is C13H19N3O. The molecular weight excluding hydrogens is 214 g/mol. The summed E-state index contributed by atoms with van der Waals surface area (Å²) in [5.74, 6) is -0.0302. The van der Waals surface area contributed by atoms with Crippen molar-refractivity contribution in [1.82, 2.24) is 4.90 Å². The first-order valence-corrected chi connectivity index (χ1v) is 5.96. The molecule has 0 aromatic heterocycles. The first kappa shape index (κ1) is 11.9.